The largest absolute Gasteiger partial charge is 0.374 e. The molecule has 0 radical (unpaired) electrons. The van der Waals surface area contributed by atoms with Crippen molar-refractivity contribution in [2.24, 2.45) is 5.92 Å². The van der Waals surface area contributed by atoms with E-state index in [1.807, 2.05) is 21.8 Å². The molecule has 6 heteroatoms. The molecule has 3 rings (SSSR count). The molecule has 1 saturated heterocycles. The van der Waals surface area contributed by atoms with Gasteiger partial charge in [-0.15, -0.1) is 0 Å². The highest BCUT2D eigenvalue weighted by Crippen LogP contribution is 2.29. The van der Waals surface area contributed by atoms with Gasteiger partial charge < -0.3 is 9.64 Å². The third-order valence-electron chi connectivity index (χ3n) is 4.93. The zero-order valence-electron chi connectivity index (χ0n) is 14.2. The standard InChI is InChI=1S/C17H28N4O2/c1-13(2)21-9-8-16(19-21)18-17(22)20-10-11-23-15(12-20)14-6-4-3-5-7-14/h8-9,13-15H,3-7,10-12H2,1-2H3,(H,18,19,22). The molecule has 0 spiro atoms. The maximum Gasteiger partial charge on any atom is 0.323 e. The molecule has 2 heterocycles. The minimum Gasteiger partial charge on any atom is -0.374 e. The molecular formula is C17H28N4O2. The molecule has 2 fully saturated rings. The number of anilines is 1. The highest BCUT2D eigenvalue weighted by atomic mass is 16.5. The van der Waals surface area contributed by atoms with Gasteiger partial charge in [0.15, 0.2) is 5.82 Å². The molecule has 2 amide bonds. The average Bonchev–Trinajstić information content (AvgIpc) is 3.04. The van der Waals surface area contributed by atoms with Crippen molar-refractivity contribution >= 4 is 11.8 Å². The minimum atomic E-state index is -0.0666. The first-order valence-electron chi connectivity index (χ1n) is 8.86. The van der Waals surface area contributed by atoms with Crippen LogP contribution in [0.2, 0.25) is 0 Å². The normalized spacial score (nSPS) is 23.3. The van der Waals surface area contributed by atoms with E-state index in [1.54, 1.807) is 0 Å². The smallest absolute Gasteiger partial charge is 0.323 e. The molecular weight excluding hydrogens is 292 g/mol. The van der Waals surface area contributed by atoms with Gasteiger partial charge in [-0.05, 0) is 32.6 Å². The predicted molar refractivity (Wildman–Crippen MR) is 89.5 cm³/mol. The molecule has 1 aromatic rings. The van der Waals surface area contributed by atoms with E-state index in [2.05, 4.69) is 24.3 Å². The monoisotopic (exact) mass is 320 g/mol. The van der Waals surface area contributed by atoms with Crippen LogP contribution in [0.25, 0.3) is 0 Å². The first kappa shape index (κ1) is 16.3. The van der Waals surface area contributed by atoms with E-state index in [0.29, 0.717) is 37.5 Å². The van der Waals surface area contributed by atoms with Crippen LogP contribution in [-0.4, -0.2) is 46.5 Å². The van der Waals surface area contributed by atoms with Crippen LogP contribution >= 0.6 is 0 Å². The Morgan fingerprint density at radius 1 is 1.35 bits per heavy atom. The van der Waals surface area contributed by atoms with Crippen molar-refractivity contribution in [3.63, 3.8) is 0 Å². The molecule has 1 N–H and O–H groups in total. The number of carbonyl (C=O) groups excluding carboxylic acids is 1. The van der Waals surface area contributed by atoms with Crippen molar-refractivity contribution in [2.75, 3.05) is 25.0 Å². The summed E-state index contributed by atoms with van der Waals surface area (Å²) in [6, 6.07) is 2.07. The summed E-state index contributed by atoms with van der Waals surface area (Å²) in [5.74, 6) is 1.23. The van der Waals surface area contributed by atoms with E-state index in [9.17, 15) is 4.79 Å². The van der Waals surface area contributed by atoms with Crippen molar-refractivity contribution in [1.29, 1.82) is 0 Å². The summed E-state index contributed by atoms with van der Waals surface area (Å²) in [6.07, 6.45) is 8.49. The Kier molecular flexibility index (Phi) is 5.20. The summed E-state index contributed by atoms with van der Waals surface area (Å²) in [5, 5.41) is 7.29. The number of amides is 2. The van der Waals surface area contributed by atoms with Crippen LogP contribution in [0.15, 0.2) is 12.3 Å². The number of rotatable bonds is 3. The molecule has 1 atom stereocenters. The second kappa shape index (κ2) is 7.34. The van der Waals surface area contributed by atoms with Crippen LogP contribution in [0, 0.1) is 5.92 Å². The molecule has 1 unspecified atom stereocenters. The van der Waals surface area contributed by atoms with Crippen molar-refractivity contribution < 1.29 is 9.53 Å². The lowest BCUT2D eigenvalue weighted by atomic mass is 9.84. The number of aromatic nitrogens is 2. The Morgan fingerprint density at radius 2 is 2.13 bits per heavy atom. The van der Waals surface area contributed by atoms with Crippen LogP contribution in [0.1, 0.15) is 52.0 Å². The molecule has 1 aliphatic carbocycles. The maximum atomic E-state index is 12.5. The number of nitrogens with zero attached hydrogens (tertiary/aromatic N) is 3. The summed E-state index contributed by atoms with van der Waals surface area (Å²) in [5.41, 5.74) is 0. The molecule has 1 saturated carbocycles. The number of ether oxygens (including phenoxy) is 1. The molecule has 23 heavy (non-hydrogen) atoms. The fourth-order valence-electron chi connectivity index (χ4n) is 3.53. The molecule has 1 aromatic heterocycles. The highest BCUT2D eigenvalue weighted by Gasteiger charge is 2.31. The molecule has 128 valence electrons. The van der Waals surface area contributed by atoms with E-state index in [-0.39, 0.29) is 12.1 Å². The van der Waals surface area contributed by atoms with Gasteiger partial charge in [-0.25, -0.2) is 4.79 Å². The van der Waals surface area contributed by atoms with E-state index in [0.717, 1.165) is 0 Å². The van der Waals surface area contributed by atoms with Gasteiger partial charge in [0.05, 0.1) is 12.7 Å². The molecule has 1 aliphatic heterocycles. The molecule has 0 bridgehead atoms. The summed E-state index contributed by atoms with van der Waals surface area (Å²) in [6.45, 7) is 6.11. The van der Waals surface area contributed by atoms with Gasteiger partial charge in [0.1, 0.15) is 0 Å². The maximum absolute atomic E-state index is 12.5. The number of carbonyl (C=O) groups is 1. The van der Waals surface area contributed by atoms with Crippen molar-refractivity contribution in [3.8, 4) is 0 Å². The number of hydrogen-bond donors (Lipinski definition) is 1. The van der Waals surface area contributed by atoms with Gasteiger partial charge in [-0.2, -0.15) is 5.10 Å². The van der Waals surface area contributed by atoms with Crippen LogP contribution in [0.5, 0.6) is 0 Å². The zero-order valence-corrected chi connectivity index (χ0v) is 14.2. The molecule has 0 aromatic carbocycles. The van der Waals surface area contributed by atoms with Crippen molar-refractivity contribution in [2.45, 2.75) is 58.1 Å². The number of urea groups is 1. The third-order valence-corrected chi connectivity index (χ3v) is 4.93. The van der Waals surface area contributed by atoms with Crippen molar-refractivity contribution in [3.05, 3.63) is 12.3 Å². The number of morpholine rings is 1. The number of hydrogen-bond acceptors (Lipinski definition) is 3. The van der Waals surface area contributed by atoms with E-state index >= 15 is 0 Å². The Labute approximate surface area is 138 Å². The van der Waals surface area contributed by atoms with Crippen LogP contribution in [0.3, 0.4) is 0 Å². The lowest BCUT2D eigenvalue weighted by Gasteiger charge is -2.38. The van der Waals surface area contributed by atoms with Crippen LogP contribution < -0.4 is 5.32 Å². The Balaban J connectivity index is 1.55. The first-order chi connectivity index (χ1) is 11.1. The first-order valence-corrected chi connectivity index (χ1v) is 8.86. The third kappa shape index (κ3) is 4.05. The van der Waals surface area contributed by atoms with Gasteiger partial charge in [0.25, 0.3) is 0 Å². The molecule has 2 aliphatic rings. The topological polar surface area (TPSA) is 59.4 Å². The molecule has 6 nitrogen and oxygen atoms in total. The summed E-state index contributed by atoms with van der Waals surface area (Å²) >= 11 is 0. The summed E-state index contributed by atoms with van der Waals surface area (Å²) in [4.78, 5) is 14.4. The quantitative estimate of drug-likeness (QED) is 0.930. The lowest BCUT2D eigenvalue weighted by Crippen LogP contribution is -2.50. The SMILES string of the molecule is CC(C)n1ccc(NC(=O)N2CCOC(C3CCCCC3)C2)n1. The van der Waals surface area contributed by atoms with E-state index in [4.69, 9.17) is 4.74 Å². The van der Waals surface area contributed by atoms with Crippen molar-refractivity contribution in [1.82, 2.24) is 14.7 Å². The second-order valence-electron chi connectivity index (χ2n) is 6.96. The second-order valence-corrected chi connectivity index (χ2v) is 6.96. The van der Waals surface area contributed by atoms with E-state index < -0.39 is 0 Å². The summed E-state index contributed by atoms with van der Waals surface area (Å²) in [7, 11) is 0. The van der Waals surface area contributed by atoms with Gasteiger partial charge in [-0.3, -0.25) is 10.00 Å². The Morgan fingerprint density at radius 3 is 2.83 bits per heavy atom. The number of nitrogens with one attached hydrogen (secondary N) is 1. The van der Waals surface area contributed by atoms with Gasteiger partial charge in [0.2, 0.25) is 0 Å². The fraction of sp³-hybridized carbons (Fsp3) is 0.765. The minimum absolute atomic E-state index is 0.0666. The Bertz CT molecular complexity index is 522. The fourth-order valence-corrected chi connectivity index (χ4v) is 3.53. The Hall–Kier alpha value is -1.56. The van der Waals surface area contributed by atoms with E-state index in [1.165, 1.54) is 32.1 Å². The summed E-state index contributed by atoms with van der Waals surface area (Å²) < 4.78 is 7.79. The average molecular weight is 320 g/mol. The van der Waals surface area contributed by atoms with Gasteiger partial charge in [0, 0.05) is 31.4 Å². The predicted octanol–water partition coefficient (Wildman–Crippen LogP) is 3.28. The highest BCUT2D eigenvalue weighted by molar-refractivity contribution is 5.88. The van der Waals surface area contributed by atoms with Gasteiger partial charge >= 0.3 is 6.03 Å². The van der Waals surface area contributed by atoms with Gasteiger partial charge in [-0.1, -0.05) is 19.3 Å². The zero-order chi connectivity index (χ0) is 16.2. The van der Waals surface area contributed by atoms with Crippen LogP contribution in [-0.2, 0) is 4.74 Å². The lowest BCUT2D eigenvalue weighted by molar-refractivity contribution is -0.0511. The van der Waals surface area contributed by atoms with Crippen LogP contribution in [0.4, 0.5) is 10.6 Å².